The molecule has 0 spiro atoms. The SMILES string of the molecule is COC(=O)c1ccc(-c2cc(OC)ccc2F)c(OC2CCCCO2)c1.COC(=O)c1ccc(Br)c(OC2CCCCO2)c1.COc1ccc(F)c(B(O)O)c1. The van der Waals surface area contributed by atoms with Crippen molar-refractivity contribution in [2.24, 2.45) is 0 Å². The Morgan fingerprint density at radius 1 is 0.661 bits per heavy atom. The van der Waals surface area contributed by atoms with Crippen molar-refractivity contribution in [2.75, 3.05) is 41.7 Å². The van der Waals surface area contributed by atoms with Crippen molar-refractivity contribution in [1.82, 2.24) is 0 Å². The molecule has 2 atom stereocenters. The summed E-state index contributed by atoms with van der Waals surface area (Å²) in [6.07, 6.45) is 5.09. The zero-order valence-corrected chi connectivity index (χ0v) is 33.0. The minimum Gasteiger partial charge on any atom is -0.497 e. The van der Waals surface area contributed by atoms with E-state index in [0.717, 1.165) is 55.7 Å². The van der Waals surface area contributed by atoms with Crippen LogP contribution < -0.4 is 24.4 Å². The van der Waals surface area contributed by atoms with Crippen LogP contribution >= 0.6 is 15.9 Å². The van der Waals surface area contributed by atoms with Crippen molar-refractivity contribution in [2.45, 2.75) is 51.1 Å². The van der Waals surface area contributed by atoms with Crippen molar-refractivity contribution < 1.29 is 66.3 Å². The van der Waals surface area contributed by atoms with Crippen molar-refractivity contribution in [3.8, 4) is 34.1 Å². The van der Waals surface area contributed by atoms with Crippen LogP contribution in [-0.2, 0) is 18.9 Å². The smallest absolute Gasteiger partial charge is 0.491 e. The lowest BCUT2D eigenvalue weighted by molar-refractivity contribution is -0.106. The van der Waals surface area contributed by atoms with Gasteiger partial charge in [-0.05, 0) is 114 Å². The fraction of sp³-hybridized carbons (Fsp3) is 0.350. The predicted octanol–water partition coefficient (Wildman–Crippen LogP) is 6.85. The summed E-state index contributed by atoms with van der Waals surface area (Å²) in [7, 11) is 3.80. The lowest BCUT2D eigenvalue weighted by Gasteiger charge is -2.25. The molecule has 4 aromatic carbocycles. The average Bonchev–Trinajstić information content (AvgIpc) is 3.22. The van der Waals surface area contributed by atoms with Gasteiger partial charge in [0, 0.05) is 29.4 Å². The molecule has 2 aliphatic heterocycles. The van der Waals surface area contributed by atoms with Gasteiger partial charge in [0.1, 0.15) is 34.6 Å². The van der Waals surface area contributed by atoms with Gasteiger partial charge in [-0.3, -0.25) is 0 Å². The summed E-state index contributed by atoms with van der Waals surface area (Å²) in [5.41, 5.74) is 1.45. The van der Waals surface area contributed by atoms with Gasteiger partial charge in [-0.25, -0.2) is 18.4 Å². The first-order valence-corrected chi connectivity index (χ1v) is 18.5. The van der Waals surface area contributed by atoms with Gasteiger partial charge in [-0.1, -0.05) is 0 Å². The topological polar surface area (TPSA) is 148 Å². The Kier molecular flexibility index (Phi) is 17.4. The van der Waals surface area contributed by atoms with E-state index in [1.54, 1.807) is 48.5 Å². The van der Waals surface area contributed by atoms with Crippen LogP contribution in [0.2, 0.25) is 0 Å². The first-order valence-electron chi connectivity index (χ1n) is 17.7. The summed E-state index contributed by atoms with van der Waals surface area (Å²) in [5.74, 6) is -0.0552. The molecule has 16 heteroatoms. The molecule has 0 aromatic heterocycles. The molecule has 2 N–H and O–H groups in total. The Bertz CT molecular complexity index is 1900. The van der Waals surface area contributed by atoms with E-state index in [0.29, 0.717) is 51.9 Å². The lowest BCUT2D eigenvalue weighted by atomic mass is 9.80. The number of rotatable bonds is 10. The van der Waals surface area contributed by atoms with Crippen LogP contribution in [0.3, 0.4) is 0 Å². The molecule has 2 saturated heterocycles. The van der Waals surface area contributed by atoms with E-state index in [1.165, 1.54) is 46.6 Å². The number of carbonyl (C=O) groups is 2. The Labute approximate surface area is 332 Å². The van der Waals surface area contributed by atoms with E-state index in [9.17, 15) is 18.4 Å². The highest BCUT2D eigenvalue weighted by atomic mass is 79.9. The maximum atomic E-state index is 14.4. The van der Waals surface area contributed by atoms with Crippen LogP contribution in [0, 0.1) is 11.6 Å². The van der Waals surface area contributed by atoms with Crippen LogP contribution in [0.15, 0.2) is 77.3 Å². The van der Waals surface area contributed by atoms with Crippen LogP contribution in [-0.4, -0.2) is 83.3 Å². The molecule has 0 saturated carbocycles. The summed E-state index contributed by atoms with van der Waals surface area (Å²) in [6.45, 7) is 1.34. The van der Waals surface area contributed by atoms with Gasteiger partial charge in [-0.15, -0.1) is 0 Å². The van der Waals surface area contributed by atoms with Gasteiger partial charge in [0.2, 0.25) is 0 Å². The maximum Gasteiger partial charge on any atom is 0.491 e. The van der Waals surface area contributed by atoms with Gasteiger partial charge in [0.15, 0.2) is 12.6 Å². The number of methoxy groups -OCH3 is 4. The van der Waals surface area contributed by atoms with Crippen LogP contribution in [0.5, 0.6) is 23.0 Å². The van der Waals surface area contributed by atoms with Crippen molar-refractivity contribution in [3.05, 3.63) is 100 Å². The number of hydrogen-bond acceptors (Lipinski definition) is 12. The highest BCUT2D eigenvalue weighted by Gasteiger charge is 2.22. The molecule has 2 heterocycles. The monoisotopic (exact) mass is 844 g/mol. The molecule has 4 aromatic rings. The molecule has 6 rings (SSSR count). The number of esters is 2. The third-order valence-corrected chi connectivity index (χ3v) is 9.15. The molecule has 0 aliphatic carbocycles. The van der Waals surface area contributed by atoms with E-state index >= 15 is 0 Å². The van der Waals surface area contributed by atoms with Gasteiger partial charge in [0.05, 0.1) is 57.3 Å². The molecule has 12 nitrogen and oxygen atoms in total. The molecule has 56 heavy (non-hydrogen) atoms. The molecule has 2 unspecified atom stereocenters. The summed E-state index contributed by atoms with van der Waals surface area (Å²) in [4.78, 5) is 23.3. The second kappa shape index (κ2) is 22.1. The molecule has 0 bridgehead atoms. The zero-order chi connectivity index (χ0) is 40.6. The average molecular weight is 845 g/mol. The Morgan fingerprint density at radius 3 is 1.70 bits per heavy atom. The molecule has 2 aliphatic rings. The summed E-state index contributed by atoms with van der Waals surface area (Å²) < 4.78 is 70.3. The minimum absolute atomic E-state index is 0.186. The normalized spacial score (nSPS) is 16.1. The molecule has 0 radical (unpaired) electrons. The largest absolute Gasteiger partial charge is 0.497 e. The van der Waals surface area contributed by atoms with Crippen molar-refractivity contribution in [3.63, 3.8) is 0 Å². The Morgan fingerprint density at radius 2 is 1.18 bits per heavy atom. The summed E-state index contributed by atoms with van der Waals surface area (Å²) in [6, 6.07) is 18.1. The van der Waals surface area contributed by atoms with E-state index in [2.05, 4.69) is 20.7 Å². The van der Waals surface area contributed by atoms with E-state index < -0.39 is 31.0 Å². The predicted molar refractivity (Wildman–Crippen MR) is 206 cm³/mol. The summed E-state index contributed by atoms with van der Waals surface area (Å²) in [5, 5.41) is 17.4. The third-order valence-electron chi connectivity index (χ3n) is 8.49. The quantitative estimate of drug-likeness (QED) is 0.127. The lowest BCUT2D eigenvalue weighted by Crippen LogP contribution is -2.32. The maximum absolute atomic E-state index is 14.4. The van der Waals surface area contributed by atoms with E-state index in [-0.39, 0.29) is 17.7 Å². The molecular formula is C40H44BBrF2O12. The van der Waals surface area contributed by atoms with Crippen LogP contribution in [0.25, 0.3) is 11.1 Å². The highest BCUT2D eigenvalue weighted by molar-refractivity contribution is 9.10. The molecule has 0 amide bonds. The first kappa shape index (κ1) is 44.0. The second-order valence-corrected chi connectivity index (χ2v) is 13.1. The second-order valence-electron chi connectivity index (χ2n) is 12.3. The van der Waals surface area contributed by atoms with Crippen LogP contribution in [0.4, 0.5) is 8.78 Å². The standard InChI is InChI=1S/C20H21FO5.C13H15BrO4.C7H8BFO3/c1-23-14-7-9-17(21)16(12-14)15-8-6-13(20(22)24-2)11-18(15)26-19-5-3-4-10-25-19;1-16-13(15)9-5-6-10(14)11(8-9)18-12-4-2-3-7-17-12;1-12-5-2-3-7(9)6(4-5)8(10)11/h6-9,11-12,19H,3-5,10H2,1-2H3;5-6,8,12H,2-4,7H2,1H3;2-4,10-11H,1H3. The fourth-order valence-electron chi connectivity index (χ4n) is 5.50. The van der Waals surface area contributed by atoms with E-state index in [4.69, 9.17) is 43.2 Å². The van der Waals surface area contributed by atoms with Gasteiger partial charge in [0.25, 0.3) is 0 Å². The minimum atomic E-state index is -1.81. The summed E-state index contributed by atoms with van der Waals surface area (Å²) >= 11 is 3.40. The van der Waals surface area contributed by atoms with Gasteiger partial charge < -0.3 is 47.9 Å². The number of carbonyl (C=O) groups excluding carboxylic acids is 2. The van der Waals surface area contributed by atoms with Crippen molar-refractivity contribution in [1.29, 1.82) is 0 Å². The first-order chi connectivity index (χ1) is 27.0. The van der Waals surface area contributed by atoms with Crippen molar-refractivity contribution >= 4 is 40.4 Å². The molecular weight excluding hydrogens is 801 g/mol. The number of halogens is 3. The molecule has 300 valence electrons. The third kappa shape index (κ3) is 12.6. The zero-order valence-electron chi connectivity index (χ0n) is 31.4. The van der Waals surface area contributed by atoms with Gasteiger partial charge >= 0.3 is 19.1 Å². The highest BCUT2D eigenvalue weighted by Crippen LogP contribution is 2.36. The number of ether oxygens (including phenoxy) is 8. The number of benzene rings is 4. The number of hydrogen-bond donors (Lipinski definition) is 2. The Hall–Kier alpha value is -4.74. The fourth-order valence-corrected chi connectivity index (χ4v) is 5.84. The van der Waals surface area contributed by atoms with Crippen LogP contribution in [0.1, 0.15) is 59.2 Å². The van der Waals surface area contributed by atoms with E-state index in [1.807, 2.05) is 0 Å². The Balaban J connectivity index is 0.000000201. The molecule has 2 fully saturated rings. The van der Waals surface area contributed by atoms with Gasteiger partial charge in [-0.2, -0.15) is 0 Å².